The molecule has 8 heteroatoms. The summed E-state index contributed by atoms with van der Waals surface area (Å²) in [6.07, 6.45) is 3.06. The van der Waals surface area contributed by atoms with E-state index in [1.54, 1.807) is 14.0 Å². The second-order valence-corrected chi connectivity index (χ2v) is 7.99. The number of aryl methyl sites for hydroxylation is 1. The van der Waals surface area contributed by atoms with E-state index in [0.29, 0.717) is 30.3 Å². The van der Waals surface area contributed by atoms with Gasteiger partial charge in [-0.2, -0.15) is 0 Å². The summed E-state index contributed by atoms with van der Waals surface area (Å²) in [5.74, 6) is 1.20. The Morgan fingerprint density at radius 1 is 0.971 bits per heavy atom. The van der Waals surface area contributed by atoms with Gasteiger partial charge >= 0.3 is 12.1 Å². The van der Waals surface area contributed by atoms with Gasteiger partial charge in [-0.1, -0.05) is 48.9 Å². The number of esters is 1. The van der Waals surface area contributed by atoms with Gasteiger partial charge in [0.15, 0.2) is 0 Å². The van der Waals surface area contributed by atoms with Crippen molar-refractivity contribution in [3.8, 4) is 17.0 Å². The van der Waals surface area contributed by atoms with Crippen LogP contribution in [0.2, 0.25) is 0 Å². The van der Waals surface area contributed by atoms with Gasteiger partial charge in [-0.15, -0.1) is 0 Å². The van der Waals surface area contributed by atoms with Crippen LogP contribution in [-0.2, 0) is 33.7 Å². The van der Waals surface area contributed by atoms with E-state index in [4.69, 9.17) is 19.2 Å². The maximum Gasteiger partial charge on any atom is 0.407 e. The Kier molecular flexibility index (Phi) is 10.2. The number of ether oxygens (including phenoxy) is 3. The van der Waals surface area contributed by atoms with E-state index in [2.05, 4.69) is 10.3 Å². The average Bonchev–Trinajstić information content (AvgIpc) is 3.27. The second kappa shape index (κ2) is 13.8. The highest BCUT2D eigenvalue weighted by molar-refractivity contribution is 5.77. The van der Waals surface area contributed by atoms with Crippen LogP contribution in [0, 0.1) is 0 Å². The normalized spacial score (nSPS) is 10.6. The number of amides is 1. The van der Waals surface area contributed by atoms with Gasteiger partial charge in [-0.3, -0.25) is 4.79 Å². The molecule has 35 heavy (non-hydrogen) atoms. The summed E-state index contributed by atoms with van der Waals surface area (Å²) in [5, 5.41) is 2.78. The molecule has 0 saturated carbocycles. The third-order valence-electron chi connectivity index (χ3n) is 5.39. The van der Waals surface area contributed by atoms with Crippen molar-refractivity contribution in [2.45, 2.75) is 45.6 Å². The van der Waals surface area contributed by atoms with Crippen LogP contribution in [-0.4, -0.2) is 42.3 Å². The number of carbonyl (C=O) groups is 2. The molecule has 8 nitrogen and oxygen atoms in total. The van der Waals surface area contributed by atoms with Gasteiger partial charge in [0.05, 0.1) is 31.5 Å². The Hall–Kier alpha value is -3.81. The number of nitrogens with one attached hydrogen (secondary N) is 2. The third kappa shape index (κ3) is 8.17. The largest absolute Gasteiger partial charge is 0.496 e. The number of unbranched alkanes of at least 4 members (excludes halogenated alkanes) is 2. The Morgan fingerprint density at radius 3 is 2.51 bits per heavy atom. The fourth-order valence-electron chi connectivity index (χ4n) is 3.69. The number of imidazole rings is 1. The summed E-state index contributed by atoms with van der Waals surface area (Å²) < 4.78 is 15.8. The highest BCUT2D eigenvalue weighted by Gasteiger charge is 2.18. The molecule has 0 atom stereocenters. The zero-order chi connectivity index (χ0) is 24.9. The number of carbonyl (C=O) groups excluding carboxylic acids is 2. The van der Waals surface area contributed by atoms with Crippen LogP contribution in [0.4, 0.5) is 4.79 Å². The molecule has 0 aliphatic heterocycles. The molecule has 0 aliphatic carbocycles. The number of hydrogen-bond donors (Lipinski definition) is 2. The summed E-state index contributed by atoms with van der Waals surface area (Å²) in [5.41, 5.74) is 3.20. The zero-order valence-corrected chi connectivity index (χ0v) is 20.3. The Morgan fingerprint density at radius 2 is 1.74 bits per heavy atom. The molecule has 0 fully saturated rings. The minimum atomic E-state index is -0.412. The predicted molar refractivity (Wildman–Crippen MR) is 133 cm³/mol. The molecule has 1 aromatic heterocycles. The SMILES string of the molecule is CCOC(=O)Cc1[nH]c(CCCCCNC(=O)OCc2ccccc2)nc1-c1ccccc1OC. The molecule has 1 amide bonds. The smallest absolute Gasteiger partial charge is 0.407 e. The summed E-state index contributed by atoms with van der Waals surface area (Å²) >= 11 is 0. The number of nitrogens with zero attached hydrogens (tertiary/aromatic N) is 1. The van der Waals surface area contributed by atoms with Crippen molar-refractivity contribution in [1.82, 2.24) is 15.3 Å². The van der Waals surface area contributed by atoms with Gasteiger partial charge in [0.25, 0.3) is 0 Å². The number of rotatable bonds is 13. The number of aromatic amines is 1. The number of benzene rings is 2. The van der Waals surface area contributed by atoms with Crippen molar-refractivity contribution < 1.29 is 23.8 Å². The van der Waals surface area contributed by atoms with Crippen LogP contribution in [0.3, 0.4) is 0 Å². The van der Waals surface area contributed by atoms with Crippen LogP contribution in [0.5, 0.6) is 5.75 Å². The second-order valence-electron chi connectivity index (χ2n) is 7.99. The van der Waals surface area contributed by atoms with Crippen molar-refractivity contribution in [1.29, 1.82) is 0 Å². The van der Waals surface area contributed by atoms with Crippen LogP contribution in [0.1, 0.15) is 43.3 Å². The molecule has 3 aromatic rings. The number of methoxy groups -OCH3 is 1. The molecule has 0 aliphatic rings. The lowest BCUT2D eigenvalue weighted by molar-refractivity contribution is -0.142. The fraction of sp³-hybridized carbons (Fsp3) is 0.370. The first-order chi connectivity index (χ1) is 17.1. The van der Waals surface area contributed by atoms with E-state index in [9.17, 15) is 9.59 Å². The maximum atomic E-state index is 12.1. The van der Waals surface area contributed by atoms with Gasteiger partial charge < -0.3 is 24.5 Å². The Bertz CT molecular complexity index is 1080. The Balaban J connectivity index is 1.48. The first-order valence-electron chi connectivity index (χ1n) is 11.9. The molecule has 0 spiro atoms. The van der Waals surface area contributed by atoms with Crippen LogP contribution in [0.25, 0.3) is 11.3 Å². The summed E-state index contributed by atoms with van der Waals surface area (Å²) in [6.45, 7) is 2.92. The van der Waals surface area contributed by atoms with Crippen molar-refractivity contribution in [3.05, 3.63) is 71.7 Å². The van der Waals surface area contributed by atoms with E-state index in [-0.39, 0.29) is 19.0 Å². The molecule has 0 bridgehead atoms. The number of hydrogen-bond acceptors (Lipinski definition) is 6. The molecule has 3 rings (SSSR count). The minimum Gasteiger partial charge on any atom is -0.496 e. The number of aromatic nitrogens is 2. The van der Waals surface area contributed by atoms with E-state index in [0.717, 1.165) is 42.6 Å². The molecule has 0 unspecified atom stereocenters. The lowest BCUT2D eigenvalue weighted by Gasteiger charge is -2.08. The summed E-state index contributed by atoms with van der Waals surface area (Å²) in [6, 6.07) is 17.2. The number of para-hydroxylation sites is 1. The quantitative estimate of drug-likeness (QED) is 0.269. The van der Waals surface area contributed by atoms with Crippen LogP contribution >= 0.6 is 0 Å². The topological polar surface area (TPSA) is 103 Å². The summed E-state index contributed by atoms with van der Waals surface area (Å²) in [4.78, 5) is 32.0. The van der Waals surface area contributed by atoms with Gasteiger partial charge in [-0.25, -0.2) is 9.78 Å². The fourth-order valence-corrected chi connectivity index (χ4v) is 3.69. The first kappa shape index (κ1) is 25.8. The van der Waals surface area contributed by atoms with E-state index < -0.39 is 6.09 Å². The molecule has 186 valence electrons. The van der Waals surface area contributed by atoms with Gasteiger partial charge in [-0.05, 0) is 37.5 Å². The van der Waals surface area contributed by atoms with Crippen LogP contribution < -0.4 is 10.1 Å². The zero-order valence-electron chi connectivity index (χ0n) is 20.3. The third-order valence-corrected chi connectivity index (χ3v) is 5.39. The highest BCUT2D eigenvalue weighted by Crippen LogP contribution is 2.31. The van der Waals surface area contributed by atoms with Gasteiger partial charge in [0.2, 0.25) is 0 Å². The summed E-state index contributed by atoms with van der Waals surface area (Å²) in [7, 11) is 1.61. The maximum absolute atomic E-state index is 12.1. The Labute approximate surface area is 206 Å². The van der Waals surface area contributed by atoms with E-state index in [1.165, 1.54) is 0 Å². The first-order valence-corrected chi connectivity index (χ1v) is 11.9. The highest BCUT2D eigenvalue weighted by atomic mass is 16.5. The van der Waals surface area contributed by atoms with Crippen molar-refractivity contribution in [2.75, 3.05) is 20.3 Å². The standard InChI is InChI=1S/C27H33N3O5/c1-3-34-25(31)18-22-26(21-14-9-10-15-23(21)33-2)30-24(29-22)16-8-5-11-17-28-27(32)35-19-20-12-6-4-7-13-20/h4,6-7,9-10,12-15H,3,5,8,11,16-19H2,1-2H3,(H,28,32)(H,29,30). The molecule has 0 saturated heterocycles. The van der Waals surface area contributed by atoms with Gasteiger partial charge in [0.1, 0.15) is 18.2 Å². The van der Waals surface area contributed by atoms with Gasteiger partial charge in [0, 0.05) is 18.5 Å². The number of alkyl carbamates (subject to hydrolysis) is 1. The van der Waals surface area contributed by atoms with Crippen molar-refractivity contribution in [2.24, 2.45) is 0 Å². The van der Waals surface area contributed by atoms with E-state index >= 15 is 0 Å². The average molecular weight is 480 g/mol. The molecular weight excluding hydrogens is 446 g/mol. The molecule has 0 radical (unpaired) electrons. The molecule has 2 aromatic carbocycles. The molecule has 1 heterocycles. The molecular formula is C27H33N3O5. The lowest BCUT2D eigenvalue weighted by atomic mass is 10.1. The molecule has 2 N–H and O–H groups in total. The van der Waals surface area contributed by atoms with E-state index in [1.807, 2.05) is 54.6 Å². The minimum absolute atomic E-state index is 0.114. The number of H-pyrrole nitrogens is 1. The van der Waals surface area contributed by atoms with Crippen LogP contribution in [0.15, 0.2) is 54.6 Å². The lowest BCUT2D eigenvalue weighted by Crippen LogP contribution is -2.25. The predicted octanol–water partition coefficient (Wildman–Crippen LogP) is 4.83. The van der Waals surface area contributed by atoms with Crippen molar-refractivity contribution in [3.63, 3.8) is 0 Å². The monoisotopic (exact) mass is 479 g/mol. The van der Waals surface area contributed by atoms with Crippen molar-refractivity contribution >= 4 is 12.1 Å².